The molecule has 0 saturated carbocycles. The smallest absolute Gasteiger partial charge is 0.142 e. The molecular formula is C8H12O2. The molecule has 2 heteroatoms. The molecule has 10 heavy (non-hydrogen) atoms. The first kappa shape index (κ1) is 9.11. The molecule has 0 aliphatic heterocycles. The van der Waals surface area contributed by atoms with Crippen LogP contribution in [0.25, 0.3) is 0 Å². The third-order valence-electron chi connectivity index (χ3n) is 1.06. The summed E-state index contributed by atoms with van der Waals surface area (Å²) in [7, 11) is 0. The van der Waals surface area contributed by atoms with Gasteiger partial charge < -0.3 is 5.11 Å². The second kappa shape index (κ2) is 6.23. The monoisotopic (exact) mass is 140 g/mol. The molecule has 0 rings (SSSR count). The van der Waals surface area contributed by atoms with E-state index in [9.17, 15) is 4.79 Å². The van der Waals surface area contributed by atoms with Gasteiger partial charge in [0.2, 0.25) is 0 Å². The Morgan fingerprint density at radius 2 is 2.20 bits per heavy atom. The van der Waals surface area contributed by atoms with E-state index in [4.69, 9.17) is 5.11 Å². The number of allylic oxidation sites excluding steroid dienone is 1. The standard InChI is InChI=1S/C8H12O2/c1-2-5-8(10)6-3-4-7-9/h2-4,7-8,10H,1,5-6H2. The lowest BCUT2D eigenvalue weighted by atomic mass is 10.2. The fourth-order valence-electron chi connectivity index (χ4n) is 0.580. The third-order valence-corrected chi connectivity index (χ3v) is 1.06. The normalized spacial score (nSPS) is 13.3. The highest BCUT2D eigenvalue weighted by Crippen LogP contribution is 1.98. The zero-order valence-corrected chi connectivity index (χ0v) is 5.86. The average molecular weight is 140 g/mol. The first-order valence-corrected chi connectivity index (χ1v) is 3.20. The van der Waals surface area contributed by atoms with Gasteiger partial charge in [-0.25, -0.2) is 0 Å². The quantitative estimate of drug-likeness (QED) is 0.352. The second-order valence-electron chi connectivity index (χ2n) is 1.98. The molecule has 0 fully saturated rings. The van der Waals surface area contributed by atoms with E-state index in [1.807, 2.05) is 0 Å². The van der Waals surface area contributed by atoms with Crippen molar-refractivity contribution in [1.29, 1.82) is 0 Å². The highest BCUT2D eigenvalue weighted by Gasteiger charge is 1.95. The van der Waals surface area contributed by atoms with E-state index in [0.717, 1.165) is 0 Å². The molecule has 0 aromatic carbocycles. The highest BCUT2D eigenvalue weighted by atomic mass is 16.3. The lowest BCUT2D eigenvalue weighted by Gasteiger charge is -2.01. The van der Waals surface area contributed by atoms with Gasteiger partial charge in [0.05, 0.1) is 6.10 Å². The molecule has 0 aromatic heterocycles. The van der Waals surface area contributed by atoms with Gasteiger partial charge in [0.25, 0.3) is 0 Å². The Morgan fingerprint density at radius 3 is 2.70 bits per heavy atom. The van der Waals surface area contributed by atoms with Crippen LogP contribution in [0.1, 0.15) is 12.8 Å². The first-order valence-electron chi connectivity index (χ1n) is 3.20. The molecule has 0 heterocycles. The summed E-state index contributed by atoms with van der Waals surface area (Å²) in [5, 5.41) is 9.04. The van der Waals surface area contributed by atoms with E-state index in [1.165, 1.54) is 6.08 Å². The molecule has 2 nitrogen and oxygen atoms in total. The SMILES string of the molecule is C=CCC(O)CC=CC=O. The number of aliphatic hydroxyl groups excluding tert-OH is 1. The van der Waals surface area contributed by atoms with Crippen LogP contribution in [0.3, 0.4) is 0 Å². The van der Waals surface area contributed by atoms with E-state index < -0.39 is 6.10 Å². The van der Waals surface area contributed by atoms with Crippen LogP contribution in [-0.4, -0.2) is 17.5 Å². The Labute approximate surface area is 60.9 Å². The summed E-state index contributed by atoms with van der Waals surface area (Å²) in [6.07, 6.45) is 6.07. The molecular weight excluding hydrogens is 128 g/mol. The molecule has 0 radical (unpaired) electrons. The Balaban J connectivity index is 3.37. The van der Waals surface area contributed by atoms with E-state index in [-0.39, 0.29) is 0 Å². The fraction of sp³-hybridized carbons (Fsp3) is 0.375. The second-order valence-corrected chi connectivity index (χ2v) is 1.98. The zero-order valence-electron chi connectivity index (χ0n) is 5.86. The minimum Gasteiger partial charge on any atom is -0.392 e. The molecule has 0 amide bonds. The van der Waals surface area contributed by atoms with Crippen LogP contribution in [-0.2, 0) is 4.79 Å². The fourth-order valence-corrected chi connectivity index (χ4v) is 0.580. The van der Waals surface area contributed by atoms with Crippen molar-refractivity contribution in [3.63, 3.8) is 0 Å². The van der Waals surface area contributed by atoms with Crippen molar-refractivity contribution in [3.05, 3.63) is 24.8 Å². The van der Waals surface area contributed by atoms with Gasteiger partial charge in [0.1, 0.15) is 6.29 Å². The van der Waals surface area contributed by atoms with Crippen molar-refractivity contribution >= 4 is 6.29 Å². The van der Waals surface area contributed by atoms with Crippen molar-refractivity contribution in [2.24, 2.45) is 0 Å². The topological polar surface area (TPSA) is 37.3 Å². The molecule has 0 aliphatic rings. The van der Waals surface area contributed by atoms with Crippen LogP contribution in [0.15, 0.2) is 24.8 Å². The van der Waals surface area contributed by atoms with Gasteiger partial charge in [-0.15, -0.1) is 6.58 Å². The molecule has 0 aromatic rings. The summed E-state index contributed by atoms with van der Waals surface area (Å²) in [5.74, 6) is 0. The molecule has 0 spiro atoms. The van der Waals surface area contributed by atoms with Gasteiger partial charge >= 0.3 is 0 Å². The maximum absolute atomic E-state index is 9.76. The van der Waals surface area contributed by atoms with Gasteiger partial charge in [0, 0.05) is 0 Å². The number of rotatable bonds is 5. The van der Waals surface area contributed by atoms with Gasteiger partial charge in [-0.3, -0.25) is 4.79 Å². The van der Waals surface area contributed by atoms with E-state index in [1.54, 1.807) is 12.2 Å². The van der Waals surface area contributed by atoms with E-state index in [0.29, 0.717) is 19.1 Å². The summed E-state index contributed by atoms with van der Waals surface area (Å²) < 4.78 is 0. The van der Waals surface area contributed by atoms with Crippen LogP contribution >= 0.6 is 0 Å². The third kappa shape index (κ3) is 5.25. The lowest BCUT2D eigenvalue weighted by molar-refractivity contribution is -0.104. The Bertz CT molecular complexity index is 127. The number of hydrogen-bond acceptors (Lipinski definition) is 2. The van der Waals surface area contributed by atoms with Crippen molar-refractivity contribution in [1.82, 2.24) is 0 Å². The van der Waals surface area contributed by atoms with Crippen LogP contribution in [0.4, 0.5) is 0 Å². The Hall–Kier alpha value is -0.890. The van der Waals surface area contributed by atoms with Crippen molar-refractivity contribution < 1.29 is 9.90 Å². The summed E-state index contributed by atoms with van der Waals surface area (Å²) in [4.78, 5) is 9.76. The number of hydrogen-bond donors (Lipinski definition) is 1. The molecule has 1 N–H and O–H groups in total. The summed E-state index contributed by atoms with van der Waals surface area (Å²) >= 11 is 0. The summed E-state index contributed by atoms with van der Waals surface area (Å²) in [6.45, 7) is 3.48. The first-order chi connectivity index (χ1) is 4.81. The Kier molecular flexibility index (Phi) is 5.68. The van der Waals surface area contributed by atoms with Crippen LogP contribution in [0.5, 0.6) is 0 Å². The average Bonchev–Trinajstić information content (AvgIpc) is 1.89. The largest absolute Gasteiger partial charge is 0.392 e. The maximum atomic E-state index is 9.76. The maximum Gasteiger partial charge on any atom is 0.142 e. The predicted molar refractivity (Wildman–Crippen MR) is 40.6 cm³/mol. The molecule has 1 atom stereocenters. The zero-order chi connectivity index (χ0) is 7.82. The highest BCUT2D eigenvalue weighted by molar-refractivity contribution is 5.64. The summed E-state index contributed by atoms with van der Waals surface area (Å²) in [6, 6.07) is 0. The van der Waals surface area contributed by atoms with Gasteiger partial charge in [0.15, 0.2) is 0 Å². The van der Waals surface area contributed by atoms with Gasteiger partial charge in [-0.05, 0) is 18.9 Å². The van der Waals surface area contributed by atoms with Crippen LogP contribution in [0, 0.1) is 0 Å². The molecule has 0 saturated heterocycles. The van der Waals surface area contributed by atoms with Crippen molar-refractivity contribution in [3.8, 4) is 0 Å². The lowest BCUT2D eigenvalue weighted by Crippen LogP contribution is -2.01. The summed E-state index contributed by atoms with van der Waals surface area (Å²) in [5.41, 5.74) is 0. The van der Waals surface area contributed by atoms with Gasteiger partial charge in [-0.1, -0.05) is 12.2 Å². The van der Waals surface area contributed by atoms with Crippen molar-refractivity contribution in [2.45, 2.75) is 18.9 Å². The van der Waals surface area contributed by atoms with Crippen molar-refractivity contribution in [2.75, 3.05) is 0 Å². The number of carbonyl (C=O) groups is 1. The number of aldehydes is 1. The van der Waals surface area contributed by atoms with Gasteiger partial charge in [-0.2, -0.15) is 0 Å². The van der Waals surface area contributed by atoms with Crippen LogP contribution in [0.2, 0.25) is 0 Å². The molecule has 0 bridgehead atoms. The molecule has 1 unspecified atom stereocenters. The minimum absolute atomic E-state index is 0.395. The molecule has 0 aliphatic carbocycles. The molecule has 56 valence electrons. The van der Waals surface area contributed by atoms with E-state index >= 15 is 0 Å². The Morgan fingerprint density at radius 1 is 1.50 bits per heavy atom. The number of aliphatic hydroxyl groups is 1. The predicted octanol–water partition coefficient (Wildman–Crippen LogP) is 1.07. The van der Waals surface area contributed by atoms with E-state index in [2.05, 4.69) is 6.58 Å². The van der Waals surface area contributed by atoms with Crippen LogP contribution < -0.4 is 0 Å². The number of carbonyl (C=O) groups excluding carboxylic acids is 1. The minimum atomic E-state index is -0.395.